The first-order valence-electron chi connectivity index (χ1n) is 6.72. The highest BCUT2D eigenvalue weighted by Crippen LogP contribution is 2.25. The maximum Gasteiger partial charge on any atom is 0.243 e. The summed E-state index contributed by atoms with van der Waals surface area (Å²) < 4.78 is 25.2. The zero-order chi connectivity index (χ0) is 16.2. The fourth-order valence-corrected chi connectivity index (χ4v) is 3.21. The minimum absolute atomic E-state index is 0.205. The van der Waals surface area contributed by atoms with Crippen LogP contribution < -0.4 is 4.31 Å². The van der Waals surface area contributed by atoms with Crippen molar-refractivity contribution in [1.29, 1.82) is 0 Å². The Labute approximate surface area is 131 Å². The van der Waals surface area contributed by atoms with Crippen LogP contribution in [0.5, 0.6) is 0 Å². The molecule has 0 aliphatic carbocycles. The lowest BCUT2D eigenvalue weighted by molar-refractivity contribution is -0.129. The molecule has 1 aromatic carbocycles. The van der Waals surface area contributed by atoms with Crippen LogP contribution in [0.15, 0.2) is 18.2 Å². The number of nitrogens with zero attached hydrogens (tertiary/aromatic N) is 2. The van der Waals surface area contributed by atoms with Crippen LogP contribution in [-0.2, 0) is 14.8 Å². The normalized spacial score (nSPS) is 11.3. The molecule has 0 aliphatic rings. The number of sulfonamides is 1. The highest BCUT2D eigenvalue weighted by molar-refractivity contribution is 7.92. The summed E-state index contributed by atoms with van der Waals surface area (Å²) in [6.45, 7) is 6.38. The second-order valence-corrected chi connectivity index (χ2v) is 7.11. The van der Waals surface area contributed by atoms with E-state index in [0.29, 0.717) is 29.4 Å². The number of hydrogen-bond donors (Lipinski definition) is 0. The van der Waals surface area contributed by atoms with E-state index in [1.165, 1.54) is 0 Å². The standard InChI is InChI=1S/C14H21ClN2O3S/c1-5-16(6-2)14(18)10-17(21(4,19)20)13-8-7-12(15)9-11(13)3/h7-9H,5-6,10H2,1-4H3. The summed E-state index contributed by atoms with van der Waals surface area (Å²) in [6.07, 6.45) is 1.09. The number of likely N-dealkylation sites (N-methyl/N-ethyl adjacent to an activating group) is 1. The van der Waals surface area contributed by atoms with Crippen molar-refractivity contribution >= 4 is 33.2 Å². The van der Waals surface area contributed by atoms with Crippen LogP contribution >= 0.6 is 11.6 Å². The van der Waals surface area contributed by atoms with Gasteiger partial charge in [0.2, 0.25) is 15.9 Å². The Morgan fingerprint density at radius 3 is 2.24 bits per heavy atom. The van der Waals surface area contributed by atoms with Gasteiger partial charge in [-0.2, -0.15) is 0 Å². The van der Waals surface area contributed by atoms with Gasteiger partial charge in [-0.1, -0.05) is 11.6 Å². The molecule has 0 spiro atoms. The van der Waals surface area contributed by atoms with Crippen molar-refractivity contribution in [2.45, 2.75) is 20.8 Å². The summed E-state index contributed by atoms with van der Waals surface area (Å²) in [4.78, 5) is 13.8. The first-order valence-corrected chi connectivity index (χ1v) is 8.95. The molecular formula is C14H21ClN2O3S. The lowest BCUT2D eigenvalue weighted by Gasteiger charge is -2.27. The number of benzene rings is 1. The lowest BCUT2D eigenvalue weighted by Crippen LogP contribution is -2.42. The molecule has 118 valence electrons. The van der Waals surface area contributed by atoms with E-state index in [2.05, 4.69) is 0 Å². The highest BCUT2D eigenvalue weighted by atomic mass is 35.5. The molecular weight excluding hydrogens is 312 g/mol. The average Bonchev–Trinajstić information content (AvgIpc) is 2.37. The van der Waals surface area contributed by atoms with Gasteiger partial charge in [-0.15, -0.1) is 0 Å². The number of carbonyl (C=O) groups is 1. The summed E-state index contributed by atoms with van der Waals surface area (Å²) >= 11 is 5.89. The van der Waals surface area contributed by atoms with Gasteiger partial charge in [0.05, 0.1) is 11.9 Å². The van der Waals surface area contributed by atoms with E-state index in [1.807, 2.05) is 13.8 Å². The number of amides is 1. The van der Waals surface area contributed by atoms with Gasteiger partial charge in [0.15, 0.2) is 0 Å². The molecule has 0 unspecified atom stereocenters. The van der Waals surface area contributed by atoms with E-state index in [0.717, 1.165) is 10.6 Å². The molecule has 0 N–H and O–H groups in total. The molecule has 0 fully saturated rings. The van der Waals surface area contributed by atoms with Crippen LogP contribution in [0.25, 0.3) is 0 Å². The van der Waals surface area contributed by atoms with Gasteiger partial charge < -0.3 is 4.90 Å². The molecule has 21 heavy (non-hydrogen) atoms. The lowest BCUT2D eigenvalue weighted by atomic mass is 10.2. The van der Waals surface area contributed by atoms with Crippen LogP contribution in [0.4, 0.5) is 5.69 Å². The van der Waals surface area contributed by atoms with E-state index in [9.17, 15) is 13.2 Å². The fourth-order valence-electron chi connectivity index (χ4n) is 2.08. The molecule has 0 saturated carbocycles. The summed E-state index contributed by atoms with van der Waals surface area (Å²) in [7, 11) is -3.56. The fraction of sp³-hybridized carbons (Fsp3) is 0.500. The summed E-state index contributed by atoms with van der Waals surface area (Å²) in [5, 5.41) is 0.528. The topological polar surface area (TPSA) is 57.7 Å². The Kier molecular flexibility index (Phi) is 6.04. The molecule has 0 heterocycles. The van der Waals surface area contributed by atoms with Crippen molar-refractivity contribution in [3.8, 4) is 0 Å². The van der Waals surface area contributed by atoms with Gasteiger partial charge in [0.25, 0.3) is 0 Å². The minimum atomic E-state index is -3.56. The van der Waals surface area contributed by atoms with Crippen LogP contribution in [0.1, 0.15) is 19.4 Å². The largest absolute Gasteiger partial charge is 0.342 e. The third-order valence-corrected chi connectivity index (χ3v) is 4.58. The maximum atomic E-state index is 12.2. The third-order valence-electron chi connectivity index (χ3n) is 3.22. The van der Waals surface area contributed by atoms with E-state index in [1.54, 1.807) is 30.0 Å². The molecule has 0 bridgehead atoms. The molecule has 1 rings (SSSR count). The molecule has 0 atom stereocenters. The van der Waals surface area contributed by atoms with Gasteiger partial charge in [-0.25, -0.2) is 8.42 Å². The number of rotatable bonds is 6. The Morgan fingerprint density at radius 2 is 1.81 bits per heavy atom. The minimum Gasteiger partial charge on any atom is -0.342 e. The smallest absolute Gasteiger partial charge is 0.243 e. The zero-order valence-corrected chi connectivity index (χ0v) is 14.3. The van der Waals surface area contributed by atoms with Gasteiger partial charge in [0.1, 0.15) is 6.54 Å². The number of anilines is 1. The van der Waals surface area contributed by atoms with Gasteiger partial charge in [-0.3, -0.25) is 9.10 Å². The Bertz CT molecular complexity index is 613. The number of aryl methyl sites for hydroxylation is 1. The second kappa shape index (κ2) is 7.13. The molecule has 7 heteroatoms. The van der Waals surface area contributed by atoms with E-state index < -0.39 is 10.0 Å². The predicted molar refractivity (Wildman–Crippen MR) is 86.3 cm³/mol. The maximum absolute atomic E-state index is 12.2. The molecule has 0 aliphatic heterocycles. The first kappa shape index (κ1) is 17.8. The van der Waals surface area contributed by atoms with Crippen molar-refractivity contribution < 1.29 is 13.2 Å². The molecule has 0 radical (unpaired) electrons. The average molecular weight is 333 g/mol. The van der Waals surface area contributed by atoms with E-state index in [4.69, 9.17) is 11.6 Å². The first-order chi connectivity index (χ1) is 9.70. The Balaban J connectivity index is 3.17. The summed E-state index contributed by atoms with van der Waals surface area (Å²) in [5.74, 6) is -0.222. The van der Waals surface area contributed by atoms with Crippen LogP contribution in [0.3, 0.4) is 0 Å². The number of hydrogen-bond acceptors (Lipinski definition) is 3. The molecule has 5 nitrogen and oxygen atoms in total. The number of carbonyl (C=O) groups excluding carboxylic acids is 1. The molecule has 0 aromatic heterocycles. The molecule has 1 amide bonds. The second-order valence-electron chi connectivity index (χ2n) is 4.77. The van der Waals surface area contributed by atoms with Crippen molar-refractivity contribution in [3.05, 3.63) is 28.8 Å². The van der Waals surface area contributed by atoms with Gasteiger partial charge in [-0.05, 0) is 44.5 Å². The third kappa shape index (κ3) is 4.61. The van der Waals surface area contributed by atoms with Crippen molar-refractivity contribution in [3.63, 3.8) is 0 Å². The number of halogens is 1. The van der Waals surface area contributed by atoms with Crippen LogP contribution in [0.2, 0.25) is 5.02 Å². The SMILES string of the molecule is CCN(CC)C(=O)CN(c1ccc(Cl)cc1C)S(C)(=O)=O. The van der Waals surface area contributed by atoms with Crippen molar-refractivity contribution in [2.24, 2.45) is 0 Å². The Morgan fingerprint density at radius 1 is 1.24 bits per heavy atom. The van der Waals surface area contributed by atoms with E-state index in [-0.39, 0.29) is 12.5 Å². The van der Waals surface area contributed by atoms with Gasteiger partial charge in [0, 0.05) is 18.1 Å². The zero-order valence-electron chi connectivity index (χ0n) is 12.8. The highest BCUT2D eigenvalue weighted by Gasteiger charge is 2.24. The quantitative estimate of drug-likeness (QED) is 0.803. The van der Waals surface area contributed by atoms with Crippen molar-refractivity contribution in [1.82, 2.24) is 4.90 Å². The summed E-state index contributed by atoms with van der Waals surface area (Å²) in [6, 6.07) is 4.91. The van der Waals surface area contributed by atoms with Crippen LogP contribution in [-0.4, -0.2) is 45.1 Å². The van der Waals surface area contributed by atoms with Crippen molar-refractivity contribution in [2.75, 3.05) is 30.2 Å². The van der Waals surface area contributed by atoms with E-state index >= 15 is 0 Å². The molecule has 1 aromatic rings. The predicted octanol–water partition coefficient (Wildman–Crippen LogP) is 2.28. The monoisotopic (exact) mass is 332 g/mol. The van der Waals surface area contributed by atoms with Gasteiger partial charge >= 0.3 is 0 Å². The molecule has 0 saturated heterocycles. The Hall–Kier alpha value is -1.27. The van der Waals surface area contributed by atoms with Crippen LogP contribution in [0, 0.1) is 6.92 Å². The summed E-state index contributed by atoms with van der Waals surface area (Å²) in [5.41, 5.74) is 1.18.